The molecule has 0 radical (unpaired) electrons. The van der Waals surface area contributed by atoms with E-state index in [2.05, 4.69) is 17.0 Å². The van der Waals surface area contributed by atoms with Gasteiger partial charge in [-0.05, 0) is 37.1 Å². The zero-order chi connectivity index (χ0) is 11.4. The van der Waals surface area contributed by atoms with Crippen molar-refractivity contribution < 1.29 is 4.74 Å². The molecule has 0 saturated carbocycles. The normalized spacial score (nSPS) is 21.6. The summed E-state index contributed by atoms with van der Waals surface area (Å²) in [6, 6.07) is 8.54. The standard InChI is InChI=1S/C13H20N2O/c1-16-13-7-5-12(6-8-13)15-9-3-2-4-11(14)10-15/h5-8,11H,2-4,9-10,14H2,1H3. The lowest BCUT2D eigenvalue weighted by atomic mass is 10.1. The SMILES string of the molecule is COc1ccc(N2CCCCC(N)C2)cc1. The number of hydrogen-bond donors (Lipinski definition) is 1. The Balaban J connectivity index is 2.09. The summed E-state index contributed by atoms with van der Waals surface area (Å²) in [4.78, 5) is 2.37. The second-order valence-corrected chi connectivity index (χ2v) is 4.40. The van der Waals surface area contributed by atoms with Gasteiger partial charge in [-0.2, -0.15) is 0 Å². The van der Waals surface area contributed by atoms with Crippen molar-refractivity contribution in [3.8, 4) is 5.75 Å². The van der Waals surface area contributed by atoms with Gasteiger partial charge in [-0.1, -0.05) is 6.42 Å². The van der Waals surface area contributed by atoms with E-state index in [1.54, 1.807) is 7.11 Å². The highest BCUT2D eigenvalue weighted by molar-refractivity contribution is 5.49. The lowest BCUT2D eigenvalue weighted by Crippen LogP contribution is -2.35. The Bertz CT molecular complexity index is 323. The van der Waals surface area contributed by atoms with Crippen molar-refractivity contribution in [3.63, 3.8) is 0 Å². The molecule has 88 valence electrons. The van der Waals surface area contributed by atoms with Gasteiger partial charge in [0, 0.05) is 24.8 Å². The van der Waals surface area contributed by atoms with Gasteiger partial charge in [0.05, 0.1) is 7.11 Å². The molecular weight excluding hydrogens is 200 g/mol. The van der Waals surface area contributed by atoms with Gasteiger partial charge in [0.15, 0.2) is 0 Å². The number of anilines is 1. The first-order valence-electron chi connectivity index (χ1n) is 5.94. The predicted octanol–water partition coefficient (Wildman–Crippen LogP) is 2.01. The molecule has 0 spiro atoms. The monoisotopic (exact) mass is 220 g/mol. The molecule has 1 unspecified atom stereocenters. The van der Waals surface area contributed by atoms with E-state index in [1.165, 1.54) is 18.5 Å². The van der Waals surface area contributed by atoms with Crippen LogP contribution in [0.2, 0.25) is 0 Å². The molecule has 0 aliphatic carbocycles. The van der Waals surface area contributed by atoms with Crippen LogP contribution in [-0.2, 0) is 0 Å². The molecule has 2 N–H and O–H groups in total. The fourth-order valence-electron chi connectivity index (χ4n) is 2.20. The van der Waals surface area contributed by atoms with Crippen molar-refractivity contribution in [3.05, 3.63) is 24.3 Å². The topological polar surface area (TPSA) is 38.5 Å². The van der Waals surface area contributed by atoms with E-state index in [1.807, 2.05) is 12.1 Å². The molecule has 0 bridgehead atoms. The average molecular weight is 220 g/mol. The highest BCUT2D eigenvalue weighted by atomic mass is 16.5. The minimum Gasteiger partial charge on any atom is -0.497 e. The number of ether oxygens (including phenoxy) is 1. The highest BCUT2D eigenvalue weighted by Gasteiger charge is 2.15. The molecule has 16 heavy (non-hydrogen) atoms. The zero-order valence-corrected chi connectivity index (χ0v) is 9.86. The first-order valence-corrected chi connectivity index (χ1v) is 5.94. The quantitative estimate of drug-likeness (QED) is 0.828. The summed E-state index contributed by atoms with van der Waals surface area (Å²) in [7, 11) is 1.69. The largest absolute Gasteiger partial charge is 0.497 e. The molecule has 1 aliphatic heterocycles. The average Bonchev–Trinajstić information content (AvgIpc) is 2.54. The van der Waals surface area contributed by atoms with Crippen LogP contribution in [0.4, 0.5) is 5.69 Å². The Hall–Kier alpha value is -1.22. The number of nitrogens with zero attached hydrogens (tertiary/aromatic N) is 1. The van der Waals surface area contributed by atoms with Crippen LogP contribution in [0.5, 0.6) is 5.75 Å². The Labute approximate surface area is 97.2 Å². The first kappa shape index (κ1) is 11.3. The maximum atomic E-state index is 6.05. The molecule has 1 aromatic rings. The van der Waals surface area contributed by atoms with Crippen LogP contribution in [0.3, 0.4) is 0 Å². The maximum Gasteiger partial charge on any atom is 0.119 e. The molecule has 1 fully saturated rings. The van der Waals surface area contributed by atoms with Crippen molar-refractivity contribution in [2.24, 2.45) is 5.73 Å². The van der Waals surface area contributed by atoms with Gasteiger partial charge in [-0.25, -0.2) is 0 Å². The highest BCUT2D eigenvalue weighted by Crippen LogP contribution is 2.21. The van der Waals surface area contributed by atoms with E-state index >= 15 is 0 Å². The molecule has 1 saturated heterocycles. The summed E-state index contributed by atoms with van der Waals surface area (Å²) in [5.74, 6) is 0.905. The maximum absolute atomic E-state index is 6.05. The fraction of sp³-hybridized carbons (Fsp3) is 0.538. The molecule has 0 aromatic heterocycles. The third kappa shape index (κ3) is 2.67. The molecule has 2 rings (SSSR count). The summed E-state index contributed by atoms with van der Waals surface area (Å²) in [6.07, 6.45) is 3.63. The summed E-state index contributed by atoms with van der Waals surface area (Å²) in [5, 5.41) is 0. The van der Waals surface area contributed by atoms with Crippen LogP contribution < -0.4 is 15.4 Å². The van der Waals surface area contributed by atoms with E-state index in [0.29, 0.717) is 6.04 Å². The van der Waals surface area contributed by atoms with E-state index in [4.69, 9.17) is 10.5 Å². The molecule has 1 aliphatic rings. The Morgan fingerprint density at radius 3 is 2.69 bits per heavy atom. The molecule has 1 heterocycles. The molecule has 3 heteroatoms. The van der Waals surface area contributed by atoms with Crippen molar-refractivity contribution in [2.45, 2.75) is 25.3 Å². The summed E-state index contributed by atoms with van der Waals surface area (Å²) in [5.41, 5.74) is 7.30. The number of rotatable bonds is 2. The third-order valence-corrected chi connectivity index (χ3v) is 3.15. The molecule has 3 nitrogen and oxygen atoms in total. The van der Waals surface area contributed by atoms with Crippen molar-refractivity contribution in [2.75, 3.05) is 25.1 Å². The number of hydrogen-bond acceptors (Lipinski definition) is 3. The number of methoxy groups -OCH3 is 1. The van der Waals surface area contributed by atoms with Crippen LogP contribution in [0, 0.1) is 0 Å². The minimum absolute atomic E-state index is 0.310. The van der Waals surface area contributed by atoms with E-state index < -0.39 is 0 Å². The second kappa shape index (κ2) is 5.21. The number of nitrogens with two attached hydrogens (primary N) is 1. The Morgan fingerprint density at radius 2 is 2.00 bits per heavy atom. The second-order valence-electron chi connectivity index (χ2n) is 4.40. The molecule has 1 atom stereocenters. The van der Waals surface area contributed by atoms with Gasteiger partial charge in [0.25, 0.3) is 0 Å². The van der Waals surface area contributed by atoms with Gasteiger partial charge in [0.1, 0.15) is 5.75 Å². The van der Waals surface area contributed by atoms with Gasteiger partial charge in [-0.15, -0.1) is 0 Å². The zero-order valence-electron chi connectivity index (χ0n) is 9.86. The summed E-state index contributed by atoms with van der Waals surface area (Å²) >= 11 is 0. The smallest absolute Gasteiger partial charge is 0.119 e. The lowest BCUT2D eigenvalue weighted by Gasteiger charge is -2.25. The van der Waals surface area contributed by atoms with E-state index in [9.17, 15) is 0 Å². The third-order valence-electron chi connectivity index (χ3n) is 3.15. The van der Waals surface area contributed by atoms with E-state index in [0.717, 1.165) is 25.3 Å². The summed E-state index contributed by atoms with van der Waals surface area (Å²) in [6.45, 7) is 2.08. The van der Waals surface area contributed by atoms with Crippen LogP contribution in [0.1, 0.15) is 19.3 Å². The molecule has 1 aromatic carbocycles. The number of benzene rings is 1. The first-order chi connectivity index (χ1) is 7.79. The van der Waals surface area contributed by atoms with Crippen LogP contribution in [0.15, 0.2) is 24.3 Å². The van der Waals surface area contributed by atoms with Gasteiger partial charge in [-0.3, -0.25) is 0 Å². The Kier molecular flexibility index (Phi) is 3.67. The predicted molar refractivity (Wildman–Crippen MR) is 67.0 cm³/mol. The molecular formula is C13H20N2O. The van der Waals surface area contributed by atoms with Crippen molar-refractivity contribution in [1.82, 2.24) is 0 Å². The summed E-state index contributed by atoms with van der Waals surface area (Å²) < 4.78 is 5.16. The van der Waals surface area contributed by atoms with Crippen LogP contribution in [-0.4, -0.2) is 26.2 Å². The van der Waals surface area contributed by atoms with Crippen LogP contribution >= 0.6 is 0 Å². The lowest BCUT2D eigenvalue weighted by molar-refractivity contribution is 0.415. The molecule has 0 amide bonds. The Morgan fingerprint density at radius 1 is 1.25 bits per heavy atom. The van der Waals surface area contributed by atoms with Crippen molar-refractivity contribution in [1.29, 1.82) is 0 Å². The van der Waals surface area contributed by atoms with Gasteiger partial charge < -0.3 is 15.4 Å². The van der Waals surface area contributed by atoms with Gasteiger partial charge in [0.2, 0.25) is 0 Å². The minimum atomic E-state index is 0.310. The van der Waals surface area contributed by atoms with Crippen molar-refractivity contribution >= 4 is 5.69 Å². The van der Waals surface area contributed by atoms with Crippen LogP contribution in [0.25, 0.3) is 0 Å². The van der Waals surface area contributed by atoms with E-state index in [-0.39, 0.29) is 0 Å². The van der Waals surface area contributed by atoms with Gasteiger partial charge >= 0.3 is 0 Å². The fourth-order valence-corrected chi connectivity index (χ4v) is 2.20.